The number of amides is 2. The highest BCUT2D eigenvalue weighted by Gasteiger charge is 2.26. The molecular weight excluding hydrogens is 324 g/mol. The van der Waals surface area contributed by atoms with Gasteiger partial charge in [-0.25, -0.2) is 0 Å². The predicted octanol–water partition coefficient (Wildman–Crippen LogP) is 1.46. The summed E-state index contributed by atoms with van der Waals surface area (Å²) in [5.74, 6) is 0.565. The second-order valence-corrected chi connectivity index (χ2v) is 6.52. The first-order valence-electron chi connectivity index (χ1n) is 8.95. The molecule has 2 fully saturated rings. The molecular formula is C18H26N2O5. The Morgan fingerprint density at radius 1 is 1.28 bits per heavy atom. The highest BCUT2D eigenvalue weighted by molar-refractivity contribution is 5.95. The largest absolute Gasteiger partial charge is 0.469 e. The number of carbonyl (C=O) groups excluding carboxylic acids is 2. The molecule has 0 spiro atoms. The van der Waals surface area contributed by atoms with Crippen LogP contribution < -0.4 is 0 Å². The van der Waals surface area contributed by atoms with Crippen molar-refractivity contribution in [3.8, 4) is 0 Å². The molecule has 1 aromatic rings. The predicted molar refractivity (Wildman–Crippen MR) is 90.3 cm³/mol. The third kappa shape index (κ3) is 4.61. The van der Waals surface area contributed by atoms with Gasteiger partial charge >= 0.3 is 0 Å². The molecule has 1 aromatic heterocycles. The van der Waals surface area contributed by atoms with Crippen LogP contribution >= 0.6 is 0 Å². The van der Waals surface area contributed by atoms with E-state index in [4.69, 9.17) is 13.9 Å². The van der Waals surface area contributed by atoms with Crippen LogP contribution in [0.15, 0.2) is 16.7 Å². The van der Waals surface area contributed by atoms with Gasteiger partial charge in [0.2, 0.25) is 5.91 Å². The molecule has 2 amide bonds. The van der Waals surface area contributed by atoms with Crippen LogP contribution in [0.3, 0.4) is 0 Å². The van der Waals surface area contributed by atoms with E-state index >= 15 is 0 Å². The number of ether oxygens (including phenoxy) is 2. The SMILES string of the molecule is Cc1occc1C(=O)N(CCC(=O)N1CCOCC1)C[C@H]1CCCO1. The number of nitrogens with zero attached hydrogens (tertiary/aromatic N) is 2. The maximum Gasteiger partial charge on any atom is 0.257 e. The normalized spacial score (nSPS) is 20.7. The van der Waals surface area contributed by atoms with E-state index in [0.29, 0.717) is 57.1 Å². The summed E-state index contributed by atoms with van der Waals surface area (Å²) in [6, 6.07) is 1.68. The van der Waals surface area contributed by atoms with Crippen LogP contribution in [0.4, 0.5) is 0 Å². The Morgan fingerprint density at radius 3 is 2.72 bits per heavy atom. The highest BCUT2D eigenvalue weighted by atomic mass is 16.5. The summed E-state index contributed by atoms with van der Waals surface area (Å²) in [4.78, 5) is 28.8. The van der Waals surface area contributed by atoms with Gasteiger partial charge in [0.1, 0.15) is 5.76 Å². The van der Waals surface area contributed by atoms with Crippen molar-refractivity contribution in [3.05, 3.63) is 23.7 Å². The lowest BCUT2D eigenvalue weighted by Crippen LogP contribution is -2.44. The van der Waals surface area contributed by atoms with E-state index in [1.165, 1.54) is 6.26 Å². The second kappa shape index (κ2) is 8.49. The summed E-state index contributed by atoms with van der Waals surface area (Å²) in [6.45, 7) is 5.83. The van der Waals surface area contributed by atoms with Gasteiger partial charge in [-0.3, -0.25) is 9.59 Å². The summed E-state index contributed by atoms with van der Waals surface area (Å²) in [5.41, 5.74) is 0.553. The molecule has 2 saturated heterocycles. The Kier molecular flexibility index (Phi) is 6.09. The molecule has 0 unspecified atom stereocenters. The molecule has 0 aromatic carbocycles. The Labute approximate surface area is 147 Å². The number of carbonyl (C=O) groups is 2. The Morgan fingerprint density at radius 2 is 2.08 bits per heavy atom. The number of hydrogen-bond acceptors (Lipinski definition) is 5. The van der Waals surface area contributed by atoms with Gasteiger partial charge in [0.15, 0.2) is 0 Å². The van der Waals surface area contributed by atoms with Gasteiger partial charge in [0.25, 0.3) is 5.91 Å². The van der Waals surface area contributed by atoms with Crippen molar-refractivity contribution < 1.29 is 23.5 Å². The van der Waals surface area contributed by atoms with Crippen molar-refractivity contribution in [3.63, 3.8) is 0 Å². The Bertz CT molecular complexity index is 588. The average molecular weight is 350 g/mol. The van der Waals surface area contributed by atoms with Crippen molar-refractivity contribution in [1.29, 1.82) is 0 Å². The van der Waals surface area contributed by atoms with Crippen molar-refractivity contribution in [2.24, 2.45) is 0 Å². The Hall–Kier alpha value is -1.86. The monoisotopic (exact) mass is 350 g/mol. The molecule has 0 bridgehead atoms. The van der Waals surface area contributed by atoms with Gasteiger partial charge in [-0.1, -0.05) is 0 Å². The van der Waals surface area contributed by atoms with Crippen molar-refractivity contribution in [2.45, 2.75) is 32.3 Å². The van der Waals surface area contributed by atoms with E-state index in [1.807, 2.05) is 0 Å². The van der Waals surface area contributed by atoms with Crippen LogP contribution in [0.2, 0.25) is 0 Å². The molecule has 3 rings (SSSR count). The van der Waals surface area contributed by atoms with Crippen LogP contribution in [0.5, 0.6) is 0 Å². The fraction of sp³-hybridized carbons (Fsp3) is 0.667. The second-order valence-electron chi connectivity index (χ2n) is 6.52. The topological polar surface area (TPSA) is 72.2 Å². The number of aryl methyl sites for hydroxylation is 1. The summed E-state index contributed by atoms with van der Waals surface area (Å²) in [6.07, 6.45) is 3.85. The highest BCUT2D eigenvalue weighted by Crippen LogP contribution is 2.18. The zero-order valence-electron chi connectivity index (χ0n) is 14.7. The molecule has 138 valence electrons. The van der Waals surface area contributed by atoms with E-state index in [0.717, 1.165) is 19.4 Å². The lowest BCUT2D eigenvalue weighted by Gasteiger charge is -2.29. The average Bonchev–Trinajstić information content (AvgIpc) is 3.30. The van der Waals surface area contributed by atoms with Gasteiger partial charge in [-0.15, -0.1) is 0 Å². The van der Waals surface area contributed by atoms with E-state index in [-0.39, 0.29) is 17.9 Å². The molecule has 0 aliphatic carbocycles. The lowest BCUT2D eigenvalue weighted by molar-refractivity contribution is -0.135. The fourth-order valence-electron chi connectivity index (χ4n) is 3.29. The zero-order valence-corrected chi connectivity index (χ0v) is 14.7. The molecule has 7 nitrogen and oxygen atoms in total. The van der Waals surface area contributed by atoms with Gasteiger partial charge in [-0.2, -0.15) is 0 Å². The number of morpholine rings is 1. The lowest BCUT2D eigenvalue weighted by atomic mass is 10.1. The molecule has 2 aliphatic rings. The van der Waals surface area contributed by atoms with Crippen molar-refractivity contribution in [2.75, 3.05) is 46.0 Å². The number of furan rings is 1. The molecule has 7 heteroatoms. The van der Waals surface area contributed by atoms with E-state index < -0.39 is 0 Å². The Balaban J connectivity index is 1.62. The van der Waals surface area contributed by atoms with Gasteiger partial charge < -0.3 is 23.7 Å². The molecule has 25 heavy (non-hydrogen) atoms. The third-order valence-electron chi connectivity index (χ3n) is 4.78. The van der Waals surface area contributed by atoms with Crippen LogP contribution in [0, 0.1) is 6.92 Å². The van der Waals surface area contributed by atoms with Gasteiger partial charge in [-0.05, 0) is 25.8 Å². The molecule has 2 aliphatic heterocycles. The van der Waals surface area contributed by atoms with E-state index in [1.54, 1.807) is 22.8 Å². The summed E-state index contributed by atoms with van der Waals surface area (Å²) in [5, 5.41) is 0. The first kappa shape index (κ1) is 17.9. The first-order valence-corrected chi connectivity index (χ1v) is 8.95. The quantitative estimate of drug-likeness (QED) is 0.777. The summed E-state index contributed by atoms with van der Waals surface area (Å²) >= 11 is 0. The van der Waals surface area contributed by atoms with Gasteiger partial charge in [0.05, 0.1) is 31.1 Å². The molecule has 0 radical (unpaired) electrons. The van der Waals surface area contributed by atoms with E-state index in [9.17, 15) is 9.59 Å². The van der Waals surface area contributed by atoms with Crippen LogP contribution in [0.1, 0.15) is 35.4 Å². The van der Waals surface area contributed by atoms with Gasteiger partial charge in [0, 0.05) is 39.2 Å². The zero-order chi connectivity index (χ0) is 17.6. The maximum absolute atomic E-state index is 12.9. The molecule has 3 heterocycles. The maximum atomic E-state index is 12.9. The minimum absolute atomic E-state index is 0.0506. The number of rotatable bonds is 6. The summed E-state index contributed by atoms with van der Waals surface area (Å²) in [7, 11) is 0. The smallest absolute Gasteiger partial charge is 0.257 e. The fourth-order valence-corrected chi connectivity index (χ4v) is 3.29. The minimum atomic E-state index is -0.100. The van der Waals surface area contributed by atoms with Crippen LogP contribution in [-0.2, 0) is 14.3 Å². The first-order chi connectivity index (χ1) is 12.1. The van der Waals surface area contributed by atoms with E-state index in [2.05, 4.69) is 0 Å². The molecule has 1 atom stereocenters. The third-order valence-corrected chi connectivity index (χ3v) is 4.78. The van der Waals surface area contributed by atoms with Crippen LogP contribution in [-0.4, -0.2) is 73.7 Å². The van der Waals surface area contributed by atoms with Crippen molar-refractivity contribution in [1.82, 2.24) is 9.80 Å². The molecule has 0 N–H and O–H groups in total. The molecule has 0 saturated carbocycles. The minimum Gasteiger partial charge on any atom is -0.469 e. The standard InChI is InChI=1S/C18H26N2O5/c1-14-16(5-10-24-14)18(22)20(13-15-3-2-9-25-15)6-4-17(21)19-7-11-23-12-8-19/h5,10,15H,2-4,6-9,11-13H2,1H3/t15-/m1/s1. The summed E-state index contributed by atoms with van der Waals surface area (Å²) < 4.78 is 16.2. The van der Waals surface area contributed by atoms with Crippen molar-refractivity contribution >= 4 is 11.8 Å². The van der Waals surface area contributed by atoms with Crippen LogP contribution in [0.25, 0.3) is 0 Å². The number of hydrogen-bond donors (Lipinski definition) is 0.